The summed E-state index contributed by atoms with van der Waals surface area (Å²) < 4.78 is 26.9. The Hall–Kier alpha value is -1.98. The lowest BCUT2D eigenvalue weighted by Gasteiger charge is -2.34. The maximum Gasteiger partial charge on any atom is 0.250 e. The van der Waals surface area contributed by atoms with Gasteiger partial charge in [-0.1, -0.05) is 13.8 Å². The van der Waals surface area contributed by atoms with Gasteiger partial charge >= 0.3 is 0 Å². The molecule has 1 aliphatic rings. The van der Waals surface area contributed by atoms with Crippen molar-refractivity contribution in [1.82, 2.24) is 5.32 Å². The van der Waals surface area contributed by atoms with Gasteiger partial charge in [0.1, 0.15) is 24.2 Å². The van der Waals surface area contributed by atoms with Gasteiger partial charge in [0.2, 0.25) is 11.8 Å². The number of hydrogen-bond acceptors (Lipinski definition) is 2. The number of benzene rings is 1. The summed E-state index contributed by atoms with van der Waals surface area (Å²) in [7, 11) is 0. The van der Waals surface area contributed by atoms with Gasteiger partial charge in [0, 0.05) is 6.07 Å². The van der Waals surface area contributed by atoms with E-state index in [1.54, 1.807) is 13.8 Å². The smallest absolute Gasteiger partial charge is 0.250 e. The molecule has 0 spiro atoms. The number of nitrogens with one attached hydrogen (secondary N) is 1. The van der Waals surface area contributed by atoms with Crippen LogP contribution in [0.15, 0.2) is 18.2 Å². The van der Waals surface area contributed by atoms with Gasteiger partial charge in [-0.05, 0) is 18.1 Å². The molecule has 1 fully saturated rings. The van der Waals surface area contributed by atoms with Crippen molar-refractivity contribution in [2.24, 2.45) is 5.92 Å². The molecule has 2 rings (SSSR count). The van der Waals surface area contributed by atoms with Crippen molar-refractivity contribution in [3.63, 3.8) is 0 Å². The molecule has 0 saturated carbocycles. The standard InChI is InChI=1S/C13H14F2N2O2/c1-7(2)12-13(19)17(6-11(18)16-12)10-5-8(14)3-4-9(10)15/h3-5,7,12H,6H2,1-2H3,(H,16,18). The third-order valence-corrected chi connectivity index (χ3v) is 3.02. The first-order valence-corrected chi connectivity index (χ1v) is 5.96. The summed E-state index contributed by atoms with van der Waals surface area (Å²) >= 11 is 0. The van der Waals surface area contributed by atoms with E-state index in [2.05, 4.69) is 5.32 Å². The van der Waals surface area contributed by atoms with Crippen LogP contribution in [0.3, 0.4) is 0 Å². The van der Waals surface area contributed by atoms with Crippen LogP contribution in [0.5, 0.6) is 0 Å². The average Bonchev–Trinajstić information content (AvgIpc) is 2.34. The zero-order valence-corrected chi connectivity index (χ0v) is 10.6. The highest BCUT2D eigenvalue weighted by atomic mass is 19.1. The van der Waals surface area contributed by atoms with E-state index in [1.807, 2.05) is 0 Å². The zero-order valence-electron chi connectivity index (χ0n) is 10.6. The number of rotatable bonds is 2. The number of nitrogens with zero attached hydrogens (tertiary/aromatic N) is 1. The van der Waals surface area contributed by atoms with E-state index in [0.717, 1.165) is 23.1 Å². The van der Waals surface area contributed by atoms with Crippen LogP contribution in [-0.2, 0) is 9.59 Å². The molecule has 1 saturated heterocycles. The highest BCUT2D eigenvalue weighted by Gasteiger charge is 2.36. The predicted molar refractivity (Wildman–Crippen MR) is 65.5 cm³/mol. The van der Waals surface area contributed by atoms with Crippen molar-refractivity contribution in [3.8, 4) is 0 Å². The van der Waals surface area contributed by atoms with Crippen LogP contribution >= 0.6 is 0 Å². The molecular weight excluding hydrogens is 254 g/mol. The molecule has 1 atom stereocenters. The molecule has 0 aliphatic carbocycles. The van der Waals surface area contributed by atoms with Gasteiger partial charge in [-0.15, -0.1) is 0 Å². The molecule has 1 N–H and O–H groups in total. The highest BCUT2D eigenvalue weighted by Crippen LogP contribution is 2.24. The fourth-order valence-corrected chi connectivity index (χ4v) is 2.02. The highest BCUT2D eigenvalue weighted by molar-refractivity contribution is 6.06. The number of hydrogen-bond donors (Lipinski definition) is 1. The Labute approximate surface area is 109 Å². The van der Waals surface area contributed by atoms with E-state index < -0.39 is 23.6 Å². The van der Waals surface area contributed by atoms with Gasteiger partial charge < -0.3 is 5.32 Å². The number of halogens is 2. The van der Waals surface area contributed by atoms with Crippen LogP contribution in [0.1, 0.15) is 13.8 Å². The third-order valence-electron chi connectivity index (χ3n) is 3.02. The topological polar surface area (TPSA) is 49.4 Å². The normalized spacial score (nSPS) is 19.8. The minimum Gasteiger partial charge on any atom is -0.342 e. The van der Waals surface area contributed by atoms with Crippen molar-refractivity contribution in [1.29, 1.82) is 0 Å². The lowest BCUT2D eigenvalue weighted by Crippen LogP contribution is -2.60. The zero-order chi connectivity index (χ0) is 14.2. The maximum absolute atomic E-state index is 13.7. The van der Waals surface area contributed by atoms with Gasteiger partial charge in [-0.3, -0.25) is 14.5 Å². The Balaban J connectivity index is 2.40. The van der Waals surface area contributed by atoms with E-state index in [0.29, 0.717) is 0 Å². The minimum absolute atomic E-state index is 0.129. The third kappa shape index (κ3) is 2.57. The van der Waals surface area contributed by atoms with Gasteiger partial charge in [-0.25, -0.2) is 8.78 Å². The molecule has 6 heteroatoms. The Bertz CT molecular complexity index is 531. The van der Waals surface area contributed by atoms with Crippen LogP contribution < -0.4 is 10.2 Å². The Morgan fingerprint density at radius 1 is 1.32 bits per heavy atom. The first-order chi connectivity index (χ1) is 8.90. The largest absolute Gasteiger partial charge is 0.342 e. The van der Waals surface area contributed by atoms with E-state index in [-0.39, 0.29) is 24.1 Å². The van der Waals surface area contributed by atoms with E-state index in [9.17, 15) is 18.4 Å². The molecular formula is C13H14F2N2O2. The second kappa shape index (κ2) is 4.95. The van der Waals surface area contributed by atoms with Crippen LogP contribution in [0.4, 0.5) is 14.5 Å². The van der Waals surface area contributed by atoms with Gasteiger partial charge in [-0.2, -0.15) is 0 Å². The molecule has 19 heavy (non-hydrogen) atoms. The molecule has 4 nitrogen and oxygen atoms in total. The molecule has 1 heterocycles. The molecule has 1 aromatic rings. The summed E-state index contributed by atoms with van der Waals surface area (Å²) in [6.07, 6.45) is 0. The second-order valence-corrected chi connectivity index (χ2v) is 4.81. The van der Waals surface area contributed by atoms with Gasteiger partial charge in [0.05, 0.1) is 5.69 Å². The average molecular weight is 268 g/mol. The molecule has 1 unspecified atom stereocenters. The fourth-order valence-electron chi connectivity index (χ4n) is 2.02. The summed E-state index contributed by atoms with van der Waals surface area (Å²) in [5.74, 6) is -2.33. The molecule has 0 bridgehead atoms. The van der Waals surface area contributed by atoms with Crippen molar-refractivity contribution >= 4 is 17.5 Å². The second-order valence-electron chi connectivity index (χ2n) is 4.81. The SMILES string of the molecule is CC(C)C1NC(=O)CN(c2cc(F)ccc2F)C1=O. The summed E-state index contributed by atoms with van der Waals surface area (Å²) in [5.41, 5.74) is -0.203. The Morgan fingerprint density at radius 2 is 2.00 bits per heavy atom. The molecule has 2 amide bonds. The summed E-state index contributed by atoms with van der Waals surface area (Å²) in [4.78, 5) is 24.8. The predicted octanol–water partition coefficient (Wildman–Crippen LogP) is 1.45. The summed E-state index contributed by atoms with van der Waals surface area (Å²) in [5, 5.41) is 2.55. The fraction of sp³-hybridized carbons (Fsp3) is 0.385. The van der Waals surface area contributed by atoms with Crippen molar-refractivity contribution in [3.05, 3.63) is 29.8 Å². The number of piperazine rings is 1. The number of carbonyl (C=O) groups excluding carboxylic acids is 2. The van der Waals surface area contributed by atoms with Crippen molar-refractivity contribution < 1.29 is 18.4 Å². The molecule has 0 radical (unpaired) electrons. The first kappa shape index (κ1) is 13.5. The van der Waals surface area contributed by atoms with Crippen molar-refractivity contribution in [2.75, 3.05) is 11.4 Å². The van der Waals surface area contributed by atoms with Gasteiger partial charge in [0.25, 0.3) is 0 Å². The van der Waals surface area contributed by atoms with Crippen LogP contribution in [0, 0.1) is 17.6 Å². The molecule has 0 aromatic heterocycles. The number of anilines is 1. The maximum atomic E-state index is 13.7. The number of carbonyl (C=O) groups is 2. The first-order valence-electron chi connectivity index (χ1n) is 5.96. The Morgan fingerprint density at radius 3 is 2.63 bits per heavy atom. The van der Waals surface area contributed by atoms with E-state index in [1.165, 1.54) is 0 Å². The van der Waals surface area contributed by atoms with Crippen LogP contribution in [-0.4, -0.2) is 24.4 Å². The lowest BCUT2D eigenvalue weighted by atomic mass is 10.0. The quantitative estimate of drug-likeness (QED) is 0.882. The molecule has 102 valence electrons. The van der Waals surface area contributed by atoms with E-state index in [4.69, 9.17) is 0 Å². The van der Waals surface area contributed by atoms with Crippen molar-refractivity contribution in [2.45, 2.75) is 19.9 Å². The van der Waals surface area contributed by atoms with Crippen LogP contribution in [0.25, 0.3) is 0 Å². The lowest BCUT2D eigenvalue weighted by molar-refractivity contribution is -0.132. The van der Waals surface area contributed by atoms with Gasteiger partial charge in [0.15, 0.2) is 0 Å². The molecule has 1 aromatic carbocycles. The molecule has 1 aliphatic heterocycles. The monoisotopic (exact) mass is 268 g/mol. The summed E-state index contributed by atoms with van der Waals surface area (Å²) in [6.45, 7) is 3.24. The Kier molecular flexibility index (Phi) is 3.50. The number of amides is 2. The van der Waals surface area contributed by atoms with E-state index >= 15 is 0 Å². The van der Waals surface area contributed by atoms with Crippen LogP contribution in [0.2, 0.25) is 0 Å². The summed E-state index contributed by atoms with van der Waals surface area (Å²) in [6, 6.07) is 2.11. The minimum atomic E-state index is -0.730.